The van der Waals surface area contributed by atoms with Gasteiger partial charge in [0.15, 0.2) is 11.5 Å². The summed E-state index contributed by atoms with van der Waals surface area (Å²) in [6.07, 6.45) is 8.46. The fourth-order valence-electron chi connectivity index (χ4n) is 4.37. The monoisotopic (exact) mass is 362 g/mol. The van der Waals surface area contributed by atoms with E-state index in [0.29, 0.717) is 5.75 Å². The molecule has 0 spiro atoms. The van der Waals surface area contributed by atoms with Gasteiger partial charge in [0.25, 0.3) is 0 Å². The number of rotatable bonds is 6. The molecule has 0 aromatic heterocycles. The van der Waals surface area contributed by atoms with E-state index < -0.39 is 0 Å². The molecule has 1 saturated carbocycles. The molecular formula is C21H34N2O3. The predicted molar refractivity (Wildman–Crippen MR) is 104 cm³/mol. The van der Waals surface area contributed by atoms with Gasteiger partial charge in [-0.2, -0.15) is 0 Å². The zero-order valence-electron chi connectivity index (χ0n) is 16.6. The first-order valence-corrected chi connectivity index (χ1v) is 10.0. The number of piperazine rings is 1. The second-order valence-corrected chi connectivity index (χ2v) is 7.48. The van der Waals surface area contributed by atoms with Crippen LogP contribution in [0.5, 0.6) is 17.2 Å². The summed E-state index contributed by atoms with van der Waals surface area (Å²) >= 11 is 0. The van der Waals surface area contributed by atoms with Crippen LogP contribution in [0.1, 0.15) is 44.1 Å². The molecule has 0 unspecified atom stereocenters. The summed E-state index contributed by atoms with van der Waals surface area (Å²) in [6.45, 7) is 5.49. The molecule has 1 aliphatic heterocycles. The van der Waals surface area contributed by atoms with Gasteiger partial charge in [0.2, 0.25) is 0 Å². The molecule has 26 heavy (non-hydrogen) atoms. The Kier molecular flexibility index (Phi) is 7.03. The molecular weight excluding hydrogens is 328 g/mol. The van der Waals surface area contributed by atoms with Gasteiger partial charge in [0, 0.05) is 50.4 Å². The highest BCUT2D eigenvalue weighted by atomic mass is 16.5. The molecule has 2 aliphatic rings. The van der Waals surface area contributed by atoms with Crippen molar-refractivity contribution < 1.29 is 14.2 Å². The second-order valence-electron chi connectivity index (χ2n) is 7.48. The smallest absolute Gasteiger partial charge is 0.164 e. The maximum absolute atomic E-state index is 5.59. The third kappa shape index (κ3) is 4.63. The SMILES string of the molecule is COc1cc(OC)c(OC)cc1CN1CCN(C2CCCCCC2)CC1. The highest BCUT2D eigenvalue weighted by Crippen LogP contribution is 2.35. The van der Waals surface area contributed by atoms with Crippen molar-refractivity contribution in [2.75, 3.05) is 47.5 Å². The van der Waals surface area contributed by atoms with Crippen LogP contribution in [0.2, 0.25) is 0 Å². The molecule has 5 nitrogen and oxygen atoms in total. The highest BCUT2D eigenvalue weighted by Gasteiger charge is 2.25. The van der Waals surface area contributed by atoms with E-state index in [1.807, 2.05) is 6.07 Å². The van der Waals surface area contributed by atoms with Crippen molar-refractivity contribution in [2.45, 2.75) is 51.1 Å². The Morgan fingerprint density at radius 1 is 0.769 bits per heavy atom. The first-order chi connectivity index (χ1) is 12.7. The van der Waals surface area contributed by atoms with Gasteiger partial charge in [-0.05, 0) is 18.9 Å². The van der Waals surface area contributed by atoms with Crippen molar-refractivity contribution in [3.05, 3.63) is 17.7 Å². The van der Waals surface area contributed by atoms with Crippen LogP contribution in [0.4, 0.5) is 0 Å². The minimum absolute atomic E-state index is 0.714. The lowest BCUT2D eigenvalue weighted by atomic mass is 10.1. The highest BCUT2D eigenvalue weighted by molar-refractivity contribution is 5.50. The van der Waals surface area contributed by atoms with E-state index in [1.54, 1.807) is 21.3 Å². The number of ether oxygens (including phenoxy) is 3. The van der Waals surface area contributed by atoms with Crippen molar-refractivity contribution >= 4 is 0 Å². The van der Waals surface area contributed by atoms with Crippen LogP contribution < -0.4 is 14.2 Å². The number of benzene rings is 1. The van der Waals surface area contributed by atoms with Gasteiger partial charge < -0.3 is 14.2 Å². The van der Waals surface area contributed by atoms with Gasteiger partial charge in [-0.1, -0.05) is 25.7 Å². The number of hydrogen-bond acceptors (Lipinski definition) is 5. The minimum atomic E-state index is 0.714. The molecule has 0 N–H and O–H groups in total. The number of methoxy groups -OCH3 is 3. The van der Waals surface area contributed by atoms with Crippen molar-refractivity contribution in [2.24, 2.45) is 0 Å². The van der Waals surface area contributed by atoms with Crippen LogP contribution in [0.3, 0.4) is 0 Å². The number of hydrogen-bond donors (Lipinski definition) is 0. The third-order valence-electron chi connectivity index (χ3n) is 5.93. The predicted octanol–water partition coefficient (Wildman–Crippen LogP) is 3.55. The summed E-state index contributed by atoms with van der Waals surface area (Å²) in [5.41, 5.74) is 1.16. The van der Waals surface area contributed by atoms with E-state index in [1.165, 1.54) is 51.6 Å². The molecule has 1 saturated heterocycles. The lowest BCUT2D eigenvalue weighted by Crippen LogP contribution is -2.49. The average Bonchev–Trinajstić information content (AvgIpc) is 2.97. The van der Waals surface area contributed by atoms with Crippen LogP contribution in [0.15, 0.2) is 12.1 Å². The number of nitrogens with zero attached hydrogens (tertiary/aromatic N) is 2. The summed E-state index contributed by atoms with van der Waals surface area (Å²) in [5, 5.41) is 0. The molecule has 0 amide bonds. The molecule has 2 fully saturated rings. The summed E-state index contributed by atoms with van der Waals surface area (Å²) in [4.78, 5) is 5.25. The maximum Gasteiger partial charge on any atom is 0.164 e. The largest absolute Gasteiger partial charge is 0.496 e. The van der Waals surface area contributed by atoms with Crippen LogP contribution in [-0.4, -0.2) is 63.4 Å². The Morgan fingerprint density at radius 2 is 1.35 bits per heavy atom. The van der Waals surface area contributed by atoms with Crippen LogP contribution >= 0.6 is 0 Å². The molecule has 1 heterocycles. The van der Waals surface area contributed by atoms with E-state index in [9.17, 15) is 0 Å². The molecule has 0 radical (unpaired) electrons. The van der Waals surface area contributed by atoms with Gasteiger partial charge in [-0.3, -0.25) is 9.80 Å². The molecule has 1 aromatic rings. The summed E-state index contributed by atoms with van der Waals surface area (Å²) in [6, 6.07) is 4.79. The van der Waals surface area contributed by atoms with Gasteiger partial charge in [-0.25, -0.2) is 0 Å². The lowest BCUT2D eigenvalue weighted by Gasteiger charge is -2.39. The van der Waals surface area contributed by atoms with Gasteiger partial charge in [0.1, 0.15) is 5.75 Å². The van der Waals surface area contributed by atoms with E-state index >= 15 is 0 Å². The van der Waals surface area contributed by atoms with E-state index in [4.69, 9.17) is 14.2 Å². The molecule has 146 valence electrons. The molecule has 1 aromatic carbocycles. The fraction of sp³-hybridized carbons (Fsp3) is 0.714. The second kappa shape index (κ2) is 9.47. The summed E-state index contributed by atoms with van der Waals surface area (Å²) in [5.74, 6) is 2.35. The Hall–Kier alpha value is -1.46. The van der Waals surface area contributed by atoms with Crippen molar-refractivity contribution in [1.82, 2.24) is 9.80 Å². The zero-order chi connectivity index (χ0) is 18.4. The van der Waals surface area contributed by atoms with Crippen molar-refractivity contribution in [3.63, 3.8) is 0 Å². The Morgan fingerprint density at radius 3 is 1.92 bits per heavy atom. The zero-order valence-corrected chi connectivity index (χ0v) is 16.6. The third-order valence-corrected chi connectivity index (χ3v) is 5.93. The molecule has 3 rings (SSSR count). The molecule has 1 aliphatic carbocycles. The molecule has 0 bridgehead atoms. The van der Waals surface area contributed by atoms with Gasteiger partial charge in [-0.15, -0.1) is 0 Å². The average molecular weight is 363 g/mol. The normalized spacial score (nSPS) is 20.6. The van der Waals surface area contributed by atoms with E-state index in [2.05, 4.69) is 15.9 Å². The van der Waals surface area contributed by atoms with Crippen molar-refractivity contribution in [3.8, 4) is 17.2 Å². The van der Waals surface area contributed by atoms with Crippen LogP contribution in [-0.2, 0) is 6.54 Å². The fourth-order valence-corrected chi connectivity index (χ4v) is 4.37. The van der Waals surface area contributed by atoms with Crippen LogP contribution in [0, 0.1) is 0 Å². The maximum atomic E-state index is 5.59. The summed E-state index contributed by atoms with van der Waals surface area (Å²) in [7, 11) is 5.05. The molecule has 5 heteroatoms. The first kappa shape index (κ1) is 19.3. The Labute approximate surface area is 158 Å². The van der Waals surface area contributed by atoms with Gasteiger partial charge in [0.05, 0.1) is 21.3 Å². The Bertz CT molecular complexity index is 563. The van der Waals surface area contributed by atoms with Crippen molar-refractivity contribution in [1.29, 1.82) is 0 Å². The molecule has 0 atom stereocenters. The van der Waals surface area contributed by atoms with Gasteiger partial charge >= 0.3 is 0 Å². The first-order valence-electron chi connectivity index (χ1n) is 10.0. The summed E-state index contributed by atoms with van der Waals surface area (Å²) < 4.78 is 16.4. The van der Waals surface area contributed by atoms with Crippen LogP contribution in [0.25, 0.3) is 0 Å². The quantitative estimate of drug-likeness (QED) is 0.723. The topological polar surface area (TPSA) is 34.2 Å². The standard InChI is InChI=1S/C21H34N2O3/c1-24-19-15-21(26-3)20(25-2)14-17(19)16-22-10-12-23(13-11-22)18-8-6-4-5-7-9-18/h14-15,18H,4-13,16H2,1-3H3. The lowest BCUT2D eigenvalue weighted by molar-refractivity contribution is 0.0846. The van der Waals surface area contributed by atoms with E-state index in [-0.39, 0.29) is 0 Å². The Balaban J connectivity index is 1.60. The van der Waals surface area contributed by atoms with E-state index in [0.717, 1.165) is 42.7 Å². The minimum Gasteiger partial charge on any atom is -0.496 e.